The van der Waals surface area contributed by atoms with Gasteiger partial charge in [0.25, 0.3) is 0 Å². The van der Waals surface area contributed by atoms with E-state index in [0.717, 1.165) is 0 Å². The third kappa shape index (κ3) is 5.35. The van der Waals surface area contributed by atoms with E-state index in [-0.39, 0.29) is 56.9 Å². The van der Waals surface area contributed by atoms with Crippen LogP contribution in [-0.2, 0) is 6.32 Å². The van der Waals surface area contributed by atoms with Gasteiger partial charge >= 0.3 is 58.4 Å². The maximum absolute atomic E-state index is 11.9. The summed E-state index contributed by atoms with van der Waals surface area (Å²) in [4.78, 5) is 3.67. The van der Waals surface area contributed by atoms with Crippen LogP contribution in [0.25, 0.3) is 0 Å². The molecule has 0 amide bonds. The first kappa shape index (κ1) is 14.4. The van der Waals surface area contributed by atoms with Crippen LogP contribution in [0.1, 0.15) is 5.56 Å². The first-order chi connectivity index (χ1) is 6.01. The fourth-order valence-corrected chi connectivity index (χ4v) is 0.920. The molecule has 0 radical (unpaired) electrons. The van der Waals surface area contributed by atoms with E-state index in [2.05, 4.69) is 4.98 Å². The van der Waals surface area contributed by atoms with Gasteiger partial charge in [-0.2, -0.15) is 0 Å². The zero-order valence-electron chi connectivity index (χ0n) is 8.01. The van der Waals surface area contributed by atoms with E-state index >= 15 is 0 Å². The van der Waals surface area contributed by atoms with Gasteiger partial charge in [0.1, 0.15) is 0 Å². The summed E-state index contributed by atoms with van der Waals surface area (Å²) in [6.45, 7) is -4.78. The molecule has 0 aliphatic carbocycles. The molecule has 2 nitrogen and oxygen atoms in total. The Kier molecular flexibility index (Phi) is 6.31. The number of rotatable bonds is 3. The zero-order valence-corrected chi connectivity index (χ0v) is 11.1. The monoisotopic (exact) mass is 229 g/mol. The molecule has 0 bridgehead atoms. The Hall–Kier alpha value is 0.441. The molecule has 72 valence electrons. The van der Waals surface area contributed by atoms with Crippen LogP contribution in [-0.4, -0.2) is 19.1 Å². The average molecular weight is 229 g/mol. The van der Waals surface area contributed by atoms with Crippen LogP contribution in [0.15, 0.2) is 18.3 Å². The van der Waals surface area contributed by atoms with Crippen molar-refractivity contribution in [2.24, 2.45) is 0 Å². The summed E-state index contributed by atoms with van der Waals surface area (Å²) in [6.07, 6.45) is 0.283. The minimum atomic E-state index is -4.78. The SMILES string of the molecule is COc1ccc(C[B-](F)(F)F)cn1.[K+]. The van der Waals surface area contributed by atoms with Gasteiger partial charge in [0, 0.05) is 12.3 Å². The molecule has 0 unspecified atom stereocenters. The van der Waals surface area contributed by atoms with Crippen molar-refractivity contribution in [3.63, 3.8) is 0 Å². The molecule has 0 aliphatic heterocycles. The van der Waals surface area contributed by atoms with Crippen molar-refractivity contribution in [1.82, 2.24) is 4.98 Å². The smallest absolute Gasteiger partial charge is 0.481 e. The molecule has 1 aromatic heterocycles. The molecule has 14 heavy (non-hydrogen) atoms. The molecule has 1 heterocycles. The average Bonchev–Trinajstić information content (AvgIpc) is 2.03. The van der Waals surface area contributed by atoms with Crippen LogP contribution in [0.5, 0.6) is 5.88 Å². The minimum Gasteiger partial charge on any atom is -0.481 e. The van der Waals surface area contributed by atoms with Crippen molar-refractivity contribution in [3.8, 4) is 5.88 Å². The van der Waals surface area contributed by atoms with Gasteiger partial charge < -0.3 is 17.7 Å². The molecular weight excluding hydrogens is 221 g/mol. The van der Waals surface area contributed by atoms with Gasteiger partial charge in [-0.25, -0.2) is 4.98 Å². The van der Waals surface area contributed by atoms with Crippen LogP contribution in [0.4, 0.5) is 12.9 Å². The number of aromatic nitrogens is 1. The summed E-state index contributed by atoms with van der Waals surface area (Å²) < 4.78 is 40.5. The number of halogens is 3. The molecule has 0 aliphatic rings. The zero-order chi connectivity index (χ0) is 9.90. The second kappa shape index (κ2) is 6.12. The van der Waals surface area contributed by atoms with E-state index in [1.165, 1.54) is 25.4 Å². The molecule has 0 fully saturated rings. The molecule has 0 atom stereocenters. The first-order valence-electron chi connectivity index (χ1n) is 3.71. The second-order valence-electron chi connectivity index (χ2n) is 2.62. The van der Waals surface area contributed by atoms with Crippen molar-refractivity contribution in [3.05, 3.63) is 23.9 Å². The Labute approximate surface area is 123 Å². The van der Waals surface area contributed by atoms with E-state index < -0.39 is 13.3 Å². The Morgan fingerprint density at radius 3 is 2.36 bits per heavy atom. The fourth-order valence-electron chi connectivity index (χ4n) is 0.920. The number of hydrogen-bond donors (Lipinski definition) is 0. The van der Waals surface area contributed by atoms with E-state index in [4.69, 9.17) is 4.74 Å². The van der Waals surface area contributed by atoms with Crippen LogP contribution in [0.3, 0.4) is 0 Å². The standard InChI is InChI=1S/C7H8BF3NO.K/c1-13-7-3-2-6(5-12-7)4-8(9,10)11;/h2-3,5H,4H2,1H3;/q-1;+1. The summed E-state index contributed by atoms with van der Waals surface area (Å²) >= 11 is 0. The van der Waals surface area contributed by atoms with Gasteiger partial charge in [0.15, 0.2) is 0 Å². The van der Waals surface area contributed by atoms with E-state index in [1.807, 2.05) is 0 Å². The molecule has 0 saturated heterocycles. The second-order valence-corrected chi connectivity index (χ2v) is 2.62. The first-order valence-corrected chi connectivity index (χ1v) is 3.71. The Morgan fingerprint density at radius 1 is 1.36 bits per heavy atom. The topological polar surface area (TPSA) is 22.1 Å². The summed E-state index contributed by atoms with van der Waals surface area (Å²) in [6, 6.07) is 2.78. The molecule has 1 aromatic rings. The normalized spacial score (nSPS) is 10.6. The molecule has 7 heteroatoms. The van der Waals surface area contributed by atoms with Gasteiger partial charge in [-0.3, -0.25) is 0 Å². The molecule has 0 N–H and O–H groups in total. The molecule has 0 aromatic carbocycles. The molecule has 0 saturated carbocycles. The quantitative estimate of drug-likeness (QED) is 0.622. The Bertz CT molecular complexity index is 277. The van der Waals surface area contributed by atoms with Crippen molar-refractivity contribution in [1.29, 1.82) is 0 Å². The largest absolute Gasteiger partial charge is 1.00 e. The minimum absolute atomic E-state index is 0. The van der Waals surface area contributed by atoms with Crippen molar-refractivity contribution >= 4 is 6.98 Å². The predicted molar refractivity (Wildman–Crippen MR) is 43.6 cm³/mol. The van der Waals surface area contributed by atoms with Crippen LogP contribution >= 0.6 is 0 Å². The van der Waals surface area contributed by atoms with E-state index in [1.54, 1.807) is 0 Å². The maximum Gasteiger partial charge on any atom is 1.00 e. The summed E-state index contributed by atoms with van der Waals surface area (Å²) in [5.41, 5.74) is 0.160. The van der Waals surface area contributed by atoms with Gasteiger partial charge in [-0.1, -0.05) is 17.9 Å². The van der Waals surface area contributed by atoms with Crippen LogP contribution in [0.2, 0.25) is 0 Å². The summed E-state index contributed by atoms with van der Waals surface area (Å²) in [5, 5.41) is 0. The van der Waals surface area contributed by atoms with Crippen LogP contribution in [0, 0.1) is 0 Å². The van der Waals surface area contributed by atoms with E-state index in [0.29, 0.717) is 5.88 Å². The number of ether oxygens (including phenoxy) is 1. The predicted octanol–water partition coefficient (Wildman–Crippen LogP) is -0.977. The van der Waals surface area contributed by atoms with Crippen molar-refractivity contribution in [2.75, 3.05) is 7.11 Å². The van der Waals surface area contributed by atoms with Gasteiger partial charge in [-0.05, 0) is 0 Å². The van der Waals surface area contributed by atoms with Crippen molar-refractivity contribution in [2.45, 2.75) is 6.32 Å². The maximum atomic E-state index is 11.9. The van der Waals surface area contributed by atoms with E-state index in [9.17, 15) is 12.9 Å². The number of methoxy groups -OCH3 is 1. The Balaban J connectivity index is 0.00000169. The van der Waals surface area contributed by atoms with Crippen molar-refractivity contribution < 1.29 is 69.1 Å². The molecule has 0 spiro atoms. The third-order valence-corrected chi connectivity index (χ3v) is 1.47. The molecular formula is C7H8BF3KNO. The number of hydrogen-bond acceptors (Lipinski definition) is 2. The Morgan fingerprint density at radius 2 is 2.00 bits per heavy atom. The molecule has 1 rings (SSSR count). The fraction of sp³-hybridized carbons (Fsp3) is 0.286. The summed E-state index contributed by atoms with van der Waals surface area (Å²) in [7, 11) is 1.41. The third-order valence-electron chi connectivity index (χ3n) is 1.47. The summed E-state index contributed by atoms with van der Waals surface area (Å²) in [5.74, 6) is 0.318. The van der Waals surface area contributed by atoms with Gasteiger partial charge in [0.2, 0.25) is 5.88 Å². The number of nitrogens with zero attached hydrogens (tertiary/aromatic N) is 1. The van der Waals surface area contributed by atoms with Gasteiger partial charge in [-0.15, -0.1) is 0 Å². The van der Waals surface area contributed by atoms with Gasteiger partial charge in [0.05, 0.1) is 7.11 Å². The number of pyridine rings is 1. The van der Waals surface area contributed by atoms with Crippen LogP contribution < -0.4 is 56.1 Å².